The third kappa shape index (κ3) is 11.8. The van der Waals surface area contributed by atoms with Gasteiger partial charge in [0.15, 0.2) is 0 Å². The van der Waals surface area contributed by atoms with Gasteiger partial charge in [-0.05, 0) is 119 Å². The number of aryl methyl sites for hydroxylation is 2. The number of rotatable bonds is 13. The van der Waals surface area contributed by atoms with Crippen molar-refractivity contribution in [1.82, 2.24) is 29.8 Å². The molecule has 0 aliphatic heterocycles. The van der Waals surface area contributed by atoms with Crippen molar-refractivity contribution in [2.75, 3.05) is 13.2 Å². The van der Waals surface area contributed by atoms with Gasteiger partial charge in [0.05, 0.1) is 41.9 Å². The van der Waals surface area contributed by atoms with Gasteiger partial charge in [0.1, 0.15) is 13.5 Å². The molecule has 3 fully saturated rings. The molecular weight excluding hydrogens is 808 g/mol. The first-order chi connectivity index (χ1) is 21.6. The maximum atomic E-state index is 5.80. The topological polar surface area (TPSA) is 82.8 Å². The van der Waals surface area contributed by atoms with Crippen LogP contribution in [0.1, 0.15) is 90.4 Å². The molecule has 3 heterocycles. The van der Waals surface area contributed by atoms with Gasteiger partial charge in [-0.3, -0.25) is 5.10 Å². The zero-order valence-corrected chi connectivity index (χ0v) is 36.2. The van der Waals surface area contributed by atoms with E-state index in [1.807, 2.05) is 16.3 Å². The quantitative estimate of drug-likeness (QED) is 0.137. The van der Waals surface area contributed by atoms with Crippen LogP contribution >= 0.6 is 47.8 Å². The van der Waals surface area contributed by atoms with Gasteiger partial charge in [-0.1, -0.05) is 39.3 Å². The van der Waals surface area contributed by atoms with Crippen LogP contribution in [0.4, 0.5) is 0 Å². The predicted octanol–water partition coefficient (Wildman–Crippen LogP) is 10.6. The molecule has 0 unspecified atom stereocenters. The smallest absolute Gasteiger partial charge is 0.139 e. The Morgan fingerprint density at radius 1 is 0.674 bits per heavy atom. The third-order valence-corrected chi connectivity index (χ3v) is 14.8. The summed E-state index contributed by atoms with van der Waals surface area (Å²) >= 11 is 10.8. The molecule has 0 radical (unpaired) electrons. The van der Waals surface area contributed by atoms with Gasteiger partial charge in [0.2, 0.25) is 0 Å². The number of ether oxygens (including phenoxy) is 2. The summed E-state index contributed by atoms with van der Waals surface area (Å²) in [6, 6.07) is 2.43. The fraction of sp³-hybridized carbons (Fsp3) is 0.727. The van der Waals surface area contributed by atoms with E-state index in [1.165, 1.54) is 86.8 Å². The molecule has 0 atom stereocenters. The zero-order valence-electron chi connectivity index (χ0n) is 29.4. The SMILES string of the molecule is Cc1[nH]nc(C2CC2)c1Br.Cc1c(Br)c(C2CC2)nn1COCC[Si](C)(C)C.Cc1nn(COCC[Si](C)(C)C)c(C2CC2)c1Br. The number of nitrogens with one attached hydrogen (secondary N) is 1. The van der Waals surface area contributed by atoms with Crippen molar-refractivity contribution in [3.8, 4) is 0 Å². The first-order valence-corrected chi connectivity index (χ1v) is 26.7. The summed E-state index contributed by atoms with van der Waals surface area (Å²) in [5.41, 5.74) is 7.18. The standard InChI is InChI=1S/2C13H23BrN2OSi.C7H9BrN2/c1-10-12(14)13(11-5-6-11)15-16(10)9-17-7-8-18(2,3)4;1-10-12(14)13(11-5-6-11)16(15-10)9-17-7-8-18(2,3)4;1-4-6(8)7(10-9-4)5-2-3-5/h2*11H,5-9H2,1-4H3;5H,2-3H2,1H3,(H,9,10). The molecule has 0 spiro atoms. The Balaban J connectivity index is 0.000000163. The number of nitrogens with zero attached hydrogens (tertiary/aromatic N) is 5. The van der Waals surface area contributed by atoms with Crippen LogP contribution in [0.2, 0.25) is 51.4 Å². The van der Waals surface area contributed by atoms with E-state index in [0.717, 1.165) is 30.5 Å². The van der Waals surface area contributed by atoms with Crippen molar-refractivity contribution in [3.05, 3.63) is 47.6 Å². The number of hydrogen-bond acceptors (Lipinski definition) is 5. The second-order valence-electron chi connectivity index (χ2n) is 15.6. The molecular formula is C33H55Br3N6O2Si2. The van der Waals surface area contributed by atoms with Crippen LogP contribution in [0.15, 0.2) is 13.4 Å². The zero-order chi connectivity index (χ0) is 33.8. The fourth-order valence-corrected chi connectivity index (χ4v) is 8.06. The van der Waals surface area contributed by atoms with Crippen molar-refractivity contribution >= 4 is 63.9 Å². The summed E-state index contributed by atoms with van der Waals surface area (Å²) < 4.78 is 19.1. The van der Waals surface area contributed by atoms with Crippen molar-refractivity contribution in [1.29, 1.82) is 0 Å². The normalized spacial score (nSPS) is 16.6. The second kappa shape index (κ2) is 16.4. The van der Waals surface area contributed by atoms with Gasteiger partial charge in [-0.25, -0.2) is 9.36 Å². The molecule has 3 aliphatic rings. The van der Waals surface area contributed by atoms with Crippen LogP contribution < -0.4 is 0 Å². The number of hydrogen-bond donors (Lipinski definition) is 1. The van der Waals surface area contributed by atoms with E-state index in [4.69, 9.17) is 9.47 Å². The summed E-state index contributed by atoms with van der Waals surface area (Å²) in [6.45, 7) is 23.3. The van der Waals surface area contributed by atoms with Gasteiger partial charge in [0, 0.05) is 52.8 Å². The molecule has 1 N–H and O–H groups in total. The van der Waals surface area contributed by atoms with Crippen LogP contribution in [0.3, 0.4) is 0 Å². The van der Waals surface area contributed by atoms with Crippen molar-refractivity contribution in [2.45, 2.75) is 142 Å². The Morgan fingerprint density at radius 2 is 1.17 bits per heavy atom. The monoisotopic (exact) mass is 860 g/mol. The summed E-state index contributed by atoms with van der Waals surface area (Å²) in [4.78, 5) is 0. The molecule has 0 aromatic carbocycles. The van der Waals surface area contributed by atoms with Gasteiger partial charge in [-0.15, -0.1) is 0 Å². The van der Waals surface area contributed by atoms with Gasteiger partial charge in [0.25, 0.3) is 0 Å². The maximum absolute atomic E-state index is 5.80. The van der Waals surface area contributed by atoms with E-state index in [1.54, 1.807) is 0 Å². The Bertz CT molecular complexity index is 1430. The molecule has 3 aliphatic carbocycles. The highest BCUT2D eigenvalue weighted by Gasteiger charge is 2.32. The molecule has 46 heavy (non-hydrogen) atoms. The third-order valence-electron chi connectivity index (χ3n) is 8.46. The van der Waals surface area contributed by atoms with Crippen LogP contribution in [-0.2, 0) is 22.9 Å². The Labute approximate surface area is 304 Å². The highest BCUT2D eigenvalue weighted by Crippen LogP contribution is 2.45. The number of halogens is 3. The number of aromatic amines is 1. The van der Waals surface area contributed by atoms with Crippen molar-refractivity contribution < 1.29 is 9.47 Å². The average molecular weight is 864 g/mol. The Kier molecular flexibility index (Phi) is 13.6. The Morgan fingerprint density at radius 3 is 1.63 bits per heavy atom. The van der Waals surface area contributed by atoms with Crippen LogP contribution in [-0.4, -0.2) is 59.1 Å². The molecule has 0 amide bonds. The first-order valence-electron chi connectivity index (χ1n) is 16.9. The fourth-order valence-electron chi connectivity index (χ4n) is 4.83. The van der Waals surface area contributed by atoms with E-state index in [2.05, 4.69) is 121 Å². The lowest BCUT2D eigenvalue weighted by molar-refractivity contribution is 0.0762. The van der Waals surface area contributed by atoms with Gasteiger partial charge in [-0.2, -0.15) is 15.3 Å². The van der Waals surface area contributed by atoms with Crippen LogP contribution in [0, 0.1) is 20.8 Å². The molecule has 6 rings (SSSR count). The largest absolute Gasteiger partial charge is 0.360 e. The average Bonchev–Trinajstić information content (AvgIpc) is 3.85. The summed E-state index contributed by atoms with van der Waals surface area (Å²) in [6.07, 6.45) is 7.76. The number of aromatic nitrogens is 6. The van der Waals surface area contributed by atoms with Gasteiger partial charge >= 0.3 is 0 Å². The van der Waals surface area contributed by atoms with E-state index in [9.17, 15) is 0 Å². The second-order valence-corrected chi connectivity index (χ2v) is 29.3. The van der Waals surface area contributed by atoms with E-state index in [0.29, 0.717) is 25.3 Å². The molecule has 3 saturated carbocycles. The summed E-state index contributed by atoms with van der Waals surface area (Å²) in [7, 11) is -1.97. The van der Waals surface area contributed by atoms with E-state index >= 15 is 0 Å². The predicted molar refractivity (Wildman–Crippen MR) is 204 cm³/mol. The molecule has 8 nitrogen and oxygen atoms in total. The van der Waals surface area contributed by atoms with Crippen LogP contribution in [0.25, 0.3) is 0 Å². The molecule has 13 heteroatoms. The molecule has 3 aromatic heterocycles. The molecule has 0 bridgehead atoms. The maximum Gasteiger partial charge on any atom is 0.139 e. The molecule has 258 valence electrons. The van der Waals surface area contributed by atoms with Crippen LogP contribution in [0.5, 0.6) is 0 Å². The minimum Gasteiger partial charge on any atom is -0.360 e. The Hall–Kier alpha value is -0.576. The minimum atomic E-state index is -0.988. The van der Waals surface area contributed by atoms with E-state index < -0.39 is 16.1 Å². The van der Waals surface area contributed by atoms with Crippen molar-refractivity contribution in [3.63, 3.8) is 0 Å². The summed E-state index contributed by atoms with van der Waals surface area (Å²) in [5, 5.41) is 16.4. The van der Waals surface area contributed by atoms with Gasteiger partial charge < -0.3 is 9.47 Å². The number of H-pyrrole nitrogens is 1. The van der Waals surface area contributed by atoms with E-state index in [-0.39, 0.29) is 0 Å². The molecule has 3 aromatic rings. The first kappa shape index (κ1) is 38.2. The highest BCUT2D eigenvalue weighted by molar-refractivity contribution is 9.11. The lowest BCUT2D eigenvalue weighted by Crippen LogP contribution is -2.22. The van der Waals surface area contributed by atoms with Crippen molar-refractivity contribution in [2.24, 2.45) is 0 Å². The summed E-state index contributed by atoms with van der Waals surface area (Å²) in [5.74, 6) is 2.11. The molecule has 0 saturated heterocycles. The minimum absolute atomic E-state index is 0.585. The highest BCUT2D eigenvalue weighted by atomic mass is 79.9. The lowest BCUT2D eigenvalue weighted by Gasteiger charge is -2.15. The lowest BCUT2D eigenvalue weighted by atomic mass is 10.3.